The molecular formula is C26H22N4O2. The Hall–Kier alpha value is -3.93. The van der Waals surface area contributed by atoms with Crippen molar-refractivity contribution in [1.29, 1.82) is 0 Å². The zero-order valence-corrected chi connectivity index (χ0v) is 17.6. The van der Waals surface area contributed by atoms with Gasteiger partial charge in [-0.1, -0.05) is 30.3 Å². The zero-order valence-electron chi connectivity index (χ0n) is 17.6. The van der Waals surface area contributed by atoms with Crippen LogP contribution in [0.15, 0.2) is 77.3 Å². The van der Waals surface area contributed by atoms with Gasteiger partial charge < -0.3 is 9.32 Å². The second-order valence-corrected chi connectivity index (χ2v) is 8.21. The molecule has 0 spiro atoms. The third-order valence-electron chi connectivity index (χ3n) is 6.11. The van der Waals surface area contributed by atoms with Crippen LogP contribution in [0.4, 0.5) is 0 Å². The number of carbonyl (C=O) groups is 1. The summed E-state index contributed by atoms with van der Waals surface area (Å²) in [4.78, 5) is 19.2. The van der Waals surface area contributed by atoms with E-state index in [1.807, 2.05) is 71.6 Å². The summed E-state index contributed by atoms with van der Waals surface area (Å²) in [6, 6.07) is 21.5. The maximum atomic E-state index is 12.8. The SMILES string of the molecule is O=C(c1ccc(-c2ccc3ncc(-c4cc5ccccc5o4)n3n2)cc1)N1CCCCC1. The van der Waals surface area contributed by atoms with Gasteiger partial charge in [0.2, 0.25) is 0 Å². The van der Waals surface area contributed by atoms with Crippen LogP contribution < -0.4 is 0 Å². The fourth-order valence-corrected chi connectivity index (χ4v) is 4.37. The van der Waals surface area contributed by atoms with Gasteiger partial charge in [0.15, 0.2) is 11.4 Å². The molecule has 1 saturated heterocycles. The Balaban J connectivity index is 1.33. The normalized spacial score (nSPS) is 14.3. The van der Waals surface area contributed by atoms with Gasteiger partial charge in [-0.25, -0.2) is 9.50 Å². The van der Waals surface area contributed by atoms with Crippen LogP contribution in [0.1, 0.15) is 29.6 Å². The number of hydrogen-bond acceptors (Lipinski definition) is 4. The summed E-state index contributed by atoms with van der Waals surface area (Å²) < 4.78 is 7.83. The number of rotatable bonds is 3. The summed E-state index contributed by atoms with van der Waals surface area (Å²) >= 11 is 0. The third-order valence-corrected chi connectivity index (χ3v) is 6.11. The van der Waals surface area contributed by atoms with Crippen LogP contribution in [0.3, 0.4) is 0 Å². The lowest BCUT2D eigenvalue weighted by Gasteiger charge is -2.26. The molecular weight excluding hydrogens is 400 g/mol. The molecule has 5 aromatic rings. The van der Waals surface area contributed by atoms with E-state index in [2.05, 4.69) is 4.98 Å². The van der Waals surface area contributed by atoms with Crippen molar-refractivity contribution in [2.24, 2.45) is 0 Å². The van der Waals surface area contributed by atoms with Crippen molar-refractivity contribution < 1.29 is 9.21 Å². The Labute approximate surface area is 185 Å². The predicted molar refractivity (Wildman–Crippen MR) is 123 cm³/mol. The first kappa shape index (κ1) is 18.8. The molecule has 0 atom stereocenters. The van der Waals surface area contributed by atoms with Crippen LogP contribution in [-0.2, 0) is 0 Å². The van der Waals surface area contributed by atoms with Crippen LogP contribution in [0.5, 0.6) is 0 Å². The highest BCUT2D eigenvalue weighted by molar-refractivity contribution is 5.94. The average Bonchev–Trinajstić information content (AvgIpc) is 3.47. The van der Waals surface area contributed by atoms with E-state index in [4.69, 9.17) is 9.52 Å². The standard InChI is InChI=1S/C26H22N4O2/c31-26(29-14-4-1-5-15-29)19-10-8-18(9-11-19)21-12-13-25-27-17-22(30(25)28-21)24-16-20-6-2-3-7-23(20)32-24/h2-3,6-13,16-17H,1,4-5,14-15H2. The Morgan fingerprint density at radius 3 is 2.53 bits per heavy atom. The lowest BCUT2D eigenvalue weighted by Crippen LogP contribution is -2.35. The minimum absolute atomic E-state index is 0.112. The van der Waals surface area contributed by atoms with Gasteiger partial charge in [0.1, 0.15) is 11.3 Å². The molecule has 1 fully saturated rings. The molecule has 1 amide bonds. The van der Waals surface area contributed by atoms with Crippen LogP contribution in [-0.4, -0.2) is 38.5 Å². The molecule has 0 radical (unpaired) electrons. The number of hydrogen-bond donors (Lipinski definition) is 0. The van der Waals surface area contributed by atoms with Crippen molar-refractivity contribution in [3.05, 3.63) is 78.5 Å². The van der Waals surface area contributed by atoms with Gasteiger partial charge in [0.05, 0.1) is 11.9 Å². The van der Waals surface area contributed by atoms with E-state index in [1.165, 1.54) is 6.42 Å². The molecule has 2 aromatic carbocycles. The van der Waals surface area contributed by atoms with E-state index in [0.29, 0.717) is 0 Å². The van der Waals surface area contributed by atoms with E-state index in [0.717, 1.165) is 70.8 Å². The number of para-hydroxylation sites is 1. The number of fused-ring (bicyclic) bond motifs is 2. The molecule has 0 N–H and O–H groups in total. The van der Waals surface area contributed by atoms with Crippen LogP contribution >= 0.6 is 0 Å². The summed E-state index contributed by atoms with van der Waals surface area (Å²) in [5.41, 5.74) is 4.87. The minimum atomic E-state index is 0.112. The Morgan fingerprint density at radius 2 is 1.72 bits per heavy atom. The van der Waals surface area contributed by atoms with Crippen molar-refractivity contribution in [2.45, 2.75) is 19.3 Å². The molecule has 32 heavy (non-hydrogen) atoms. The van der Waals surface area contributed by atoms with Crippen molar-refractivity contribution in [3.8, 4) is 22.7 Å². The highest BCUT2D eigenvalue weighted by Crippen LogP contribution is 2.29. The Bertz CT molecular complexity index is 1390. The number of nitrogens with zero attached hydrogens (tertiary/aromatic N) is 4. The highest BCUT2D eigenvalue weighted by Gasteiger charge is 2.18. The number of benzene rings is 2. The number of carbonyl (C=O) groups excluding carboxylic acids is 1. The number of piperidine rings is 1. The summed E-state index contributed by atoms with van der Waals surface area (Å²) in [6.07, 6.45) is 5.17. The molecule has 0 unspecified atom stereocenters. The van der Waals surface area contributed by atoms with Gasteiger partial charge in [0, 0.05) is 29.6 Å². The van der Waals surface area contributed by atoms with Crippen LogP contribution in [0, 0.1) is 0 Å². The van der Waals surface area contributed by atoms with Crippen molar-refractivity contribution in [1.82, 2.24) is 19.5 Å². The Kier molecular flexibility index (Phi) is 4.49. The molecule has 3 aromatic heterocycles. The van der Waals surface area contributed by atoms with Crippen LogP contribution in [0.25, 0.3) is 39.3 Å². The van der Waals surface area contributed by atoms with E-state index < -0.39 is 0 Å². The van der Waals surface area contributed by atoms with Gasteiger partial charge in [-0.15, -0.1) is 0 Å². The predicted octanol–water partition coefficient (Wildman–Crippen LogP) is 5.44. The molecule has 0 saturated carbocycles. The maximum Gasteiger partial charge on any atom is 0.253 e. The Morgan fingerprint density at radius 1 is 0.906 bits per heavy atom. The first-order chi connectivity index (χ1) is 15.8. The highest BCUT2D eigenvalue weighted by atomic mass is 16.3. The molecule has 1 aliphatic rings. The summed E-state index contributed by atoms with van der Waals surface area (Å²) in [5.74, 6) is 0.840. The number of aromatic nitrogens is 3. The summed E-state index contributed by atoms with van der Waals surface area (Å²) in [7, 11) is 0. The second-order valence-electron chi connectivity index (χ2n) is 8.21. The summed E-state index contributed by atoms with van der Waals surface area (Å²) in [5, 5.41) is 5.86. The molecule has 6 nitrogen and oxygen atoms in total. The van der Waals surface area contributed by atoms with Gasteiger partial charge in [-0.2, -0.15) is 5.10 Å². The first-order valence-electron chi connectivity index (χ1n) is 11.0. The van der Waals surface area contributed by atoms with Crippen molar-refractivity contribution in [3.63, 3.8) is 0 Å². The smallest absolute Gasteiger partial charge is 0.253 e. The van der Waals surface area contributed by atoms with E-state index in [1.54, 1.807) is 10.7 Å². The molecule has 4 heterocycles. The van der Waals surface area contributed by atoms with Gasteiger partial charge in [0.25, 0.3) is 5.91 Å². The lowest BCUT2D eigenvalue weighted by atomic mass is 10.1. The topological polar surface area (TPSA) is 63.6 Å². The maximum absolute atomic E-state index is 12.8. The van der Waals surface area contributed by atoms with E-state index in [-0.39, 0.29) is 5.91 Å². The fourth-order valence-electron chi connectivity index (χ4n) is 4.37. The van der Waals surface area contributed by atoms with Gasteiger partial charge in [-0.3, -0.25) is 4.79 Å². The van der Waals surface area contributed by atoms with E-state index >= 15 is 0 Å². The number of likely N-dealkylation sites (tertiary alicyclic amines) is 1. The van der Waals surface area contributed by atoms with Gasteiger partial charge >= 0.3 is 0 Å². The second kappa shape index (κ2) is 7.64. The molecule has 1 aliphatic heterocycles. The third kappa shape index (κ3) is 3.24. The summed E-state index contributed by atoms with van der Waals surface area (Å²) in [6.45, 7) is 1.70. The monoisotopic (exact) mass is 422 g/mol. The van der Waals surface area contributed by atoms with E-state index in [9.17, 15) is 4.79 Å². The number of amides is 1. The van der Waals surface area contributed by atoms with Crippen molar-refractivity contribution in [2.75, 3.05) is 13.1 Å². The van der Waals surface area contributed by atoms with Crippen LogP contribution in [0.2, 0.25) is 0 Å². The number of furan rings is 1. The average molecular weight is 422 g/mol. The number of imidazole rings is 1. The van der Waals surface area contributed by atoms with Gasteiger partial charge in [-0.05, 0) is 55.7 Å². The minimum Gasteiger partial charge on any atom is -0.454 e. The largest absolute Gasteiger partial charge is 0.454 e. The zero-order chi connectivity index (χ0) is 21.5. The molecule has 158 valence electrons. The molecule has 6 rings (SSSR count). The molecule has 0 aliphatic carbocycles. The lowest BCUT2D eigenvalue weighted by molar-refractivity contribution is 0.0724. The first-order valence-corrected chi connectivity index (χ1v) is 11.0. The quantitative estimate of drug-likeness (QED) is 0.389. The van der Waals surface area contributed by atoms with Crippen molar-refractivity contribution >= 4 is 22.5 Å². The molecule has 0 bridgehead atoms. The fraction of sp³-hybridized carbons (Fsp3) is 0.192. The molecule has 6 heteroatoms.